The molecule has 0 heterocycles. The number of nitrogens with one attached hydrogen (secondary N) is 1. The number of benzene rings is 1. The Hall–Kier alpha value is -1.20. The minimum atomic E-state index is -0.984. The SMILES string of the molecule is CC(C)C[C@H](NC(=O)CCSc1ccc(Cl)cc1)C(=O)O. The zero-order valence-corrected chi connectivity index (χ0v) is 13.7. The highest BCUT2D eigenvalue weighted by Crippen LogP contribution is 2.20. The highest BCUT2D eigenvalue weighted by atomic mass is 35.5. The Kier molecular flexibility index (Phi) is 7.61. The first-order valence-corrected chi connectivity index (χ1v) is 8.15. The number of aliphatic carboxylic acids is 1. The minimum absolute atomic E-state index is 0.217. The summed E-state index contributed by atoms with van der Waals surface area (Å²) in [5.41, 5.74) is 0. The third-order valence-corrected chi connectivity index (χ3v) is 4.02. The Morgan fingerprint density at radius 3 is 2.43 bits per heavy atom. The first-order chi connectivity index (χ1) is 9.88. The van der Waals surface area contributed by atoms with Crippen molar-refractivity contribution in [3.05, 3.63) is 29.3 Å². The van der Waals surface area contributed by atoms with Crippen LogP contribution in [0.2, 0.25) is 5.02 Å². The van der Waals surface area contributed by atoms with Gasteiger partial charge in [0.15, 0.2) is 0 Å². The second kappa shape index (κ2) is 8.95. The molecule has 4 nitrogen and oxygen atoms in total. The number of halogens is 1. The largest absolute Gasteiger partial charge is 0.480 e. The van der Waals surface area contributed by atoms with Crippen molar-refractivity contribution >= 4 is 35.2 Å². The van der Waals surface area contributed by atoms with Gasteiger partial charge < -0.3 is 10.4 Å². The van der Waals surface area contributed by atoms with Gasteiger partial charge >= 0.3 is 5.97 Å². The van der Waals surface area contributed by atoms with E-state index in [2.05, 4.69) is 5.32 Å². The summed E-state index contributed by atoms with van der Waals surface area (Å²) in [4.78, 5) is 23.9. The van der Waals surface area contributed by atoms with Gasteiger partial charge in [-0.3, -0.25) is 4.79 Å². The molecule has 0 fully saturated rings. The minimum Gasteiger partial charge on any atom is -0.480 e. The van der Waals surface area contributed by atoms with E-state index in [-0.39, 0.29) is 18.2 Å². The molecule has 0 radical (unpaired) electrons. The van der Waals surface area contributed by atoms with Gasteiger partial charge in [0, 0.05) is 22.1 Å². The third kappa shape index (κ3) is 7.39. The number of carboxylic acids is 1. The topological polar surface area (TPSA) is 66.4 Å². The molecule has 0 aliphatic heterocycles. The third-order valence-electron chi connectivity index (χ3n) is 2.75. The Labute approximate surface area is 134 Å². The van der Waals surface area contributed by atoms with E-state index < -0.39 is 12.0 Å². The maximum Gasteiger partial charge on any atom is 0.326 e. The smallest absolute Gasteiger partial charge is 0.326 e. The van der Waals surface area contributed by atoms with Crippen LogP contribution in [0.3, 0.4) is 0 Å². The van der Waals surface area contributed by atoms with Gasteiger partial charge in [-0.05, 0) is 36.6 Å². The molecule has 1 atom stereocenters. The predicted molar refractivity (Wildman–Crippen MR) is 85.8 cm³/mol. The lowest BCUT2D eigenvalue weighted by atomic mass is 10.0. The summed E-state index contributed by atoms with van der Waals surface area (Å²) in [7, 11) is 0. The van der Waals surface area contributed by atoms with E-state index >= 15 is 0 Å². The maximum atomic E-state index is 11.8. The lowest BCUT2D eigenvalue weighted by Gasteiger charge is -2.16. The van der Waals surface area contributed by atoms with Crippen LogP contribution in [0.25, 0.3) is 0 Å². The quantitative estimate of drug-likeness (QED) is 0.717. The van der Waals surface area contributed by atoms with E-state index in [0.29, 0.717) is 17.2 Å². The van der Waals surface area contributed by atoms with E-state index in [1.807, 2.05) is 26.0 Å². The Morgan fingerprint density at radius 1 is 1.29 bits per heavy atom. The summed E-state index contributed by atoms with van der Waals surface area (Å²) in [5.74, 6) is -0.400. The second-order valence-corrected chi connectivity index (χ2v) is 6.75. The lowest BCUT2D eigenvalue weighted by Crippen LogP contribution is -2.41. The fourth-order valence-corrected chi connectivity index (χ4v) is 2.73. The predicted octanol–water partition coefficient (Wildman–Crippen LogP) is 3.44. The average molecular weight is 330 g/mol. The van der Waals surface area contributed by atoms with Crippen LogP contribution in [0.15, 0.2) is 29.2 Å². The molecule has 1 aromatic carbocycles. The molecule has 116 valence electrons. The molecule has 0 saturated carbocycles. The number of carboxylic acid groups (broad SMARTS) is 1. The van der Waals surface area contributed by atoms with Gasteiger partial charge in [0.1, 0.15) is 6.04 Å². The van der Waals surface area contributed by atoms with Crippen LogP contribution in [0.5, 0.6) is 0 Å². The molecule has 0 bridgehead atoms. The number of thioether (sulfide) groups is 1. The van der Waals surface area contributed by atoms with E-state index in [1.54, 1.807) is 12.1 Å². The van der Waals surface area contributed by atoms with Crippen LogP contribution < -0.4 is 5.32 Å². The number of rotatable bonds is 8. The van der Waals surface area contributed by atoms with Crippen LogP contribution in [-0.4, -0.2) is 28.8 Å². The van der Waals surface area contributed by atoms with Gasteiger partial charge in [0.05, 0.1) is 0 Å². The number of hydrogen-bond acceptors (Lipinski definition) is 3. The molecule has 0 saturated heterocycles. The highest BCUT2D eigenvalue weighted by molar-refractivity contribution is 7.99. The summed E-state index contributed by atoms with van der Waals surface area (Å²) < 4.78 is 0. The number of amides is 1. The molecule has 1 aromatic rings. The Balaban J connectivity index is 2.35. The summed E-state index contributed by atoms with van der Waals surface area (Å²) in [6.07, 6.45) is 0.723. The van der Waals surface area contributed by atoms with Crippen LogP contribution in [0, 0.1) is 5.92 Å². The molecule has 1 rings (SSSR count). The highest BCUT2D eigenvalue weighted by Gasteiger charge is 2.20. The van der Waals surface area contributed by atoms with Crippen molar-refractivity contribution in [3.63, 3.8) is 0 Å². The molecule has 0 spiro atoms. The molecular formula is C15H20ClNO3S. The van der Waals surface area contributed by atoms with Crippen molar-refractivity contribution in [2.24, 2.45) is 5.92 Å². The standard InChI is InChI=1S/C15H20ClNO3S/c1-10(2)9-13(15(19)20)17-14(18)7-8-21-12-5-3-11(16)4-6-12/h3-6,10,13H,7-9H2,1-2H3,(H,17,18)(H,19,20)/t13-/m0/s1. The molecule has 1 amide bonds. The van der Waals surface area contributed by atoms with Crippen LogP contribution in [-0.2, 0) is 9.59 Å². The number of hydrogen-bond donors (Lipinski definition) is 2. The zero-order chi connectivity index (χ0) is 15.8. The average Bonchev–Trinajstić information content (AvgIpc) is 2.39. The fourth-order valence-electron chi connectivity index (χ4n) is 1.75. The van der Waals surface area contributed by atoms with Crippen molar-refractivity contribution in [2.45, 2.75) is 37.6 Å². The van der Waals surface area contributed by atoms with Crippen molar-refractivity contribution in [1.82, 2.24) is 5.32 Å². The second-order valence-electron chi connectivity index (χ2n) is 5.14. The van der Waals surface area contributed by atoms with Gasteiger partial charge in [-0.1, -0.05) is 25.4 Å². The Bertz CT molecular complexity index is 476. The number of carbonyl (C=O) groups is 2. The fraction of sp³-hybridized carbons (Fsp3) is 0.467. The van der Waals surface area contributed by atoms with Crippen molar-refractivity contribution in [2.75, 3.05) is 5.75 Å². The molecule has 0 aliphatic rings. The lowest BCUT2D eigenvalue weighted by molar-refractivity contribution is -0.142. The summed E-state index contributed by atoms with van der Waals surface area (Å²) in [6, 6.07) is 6.58. The van der Waals surface area contributed by atoms with Gasteiger partial charge in [0.25, 0.3) is 0 Å². The molecule has 6 heteroatoms. The molecule has 2 N–H and O–H groups in total. The molecule has 0 aliphatic carbocycles. The first kappa shape index (κ1) is 17.9. The molecular weight excluding hydrogens is 310 g/mol. The summed E-state index contributed by atoms with van der Waals surface area (Å²) in [6.45, 7) is 3.86. The van der Waals surface area contributed by atoms with Gasteiger partial charge in [-0.2, -0.15) is 0 Å². The van der Waals surface area contributed by atoms with Crippen molar-refractivity contribution < 1.29 is 14.7 Å². The van der Waals surface area contributed by atoms with E-state index in [0.717, 1.165) is 4.90 Å². The molecule has 0 aromatic heterocycles. The molecule has 0 unspecified atom stereocenters. The van der Waals surface area contributed by atoms with E-state index in [1.165, 1.54) is 11.8 Å². The Morgan fingerprint density at radius 2 is 1.90 bits per heavy atom. The van der Waals surface area contributed by atoms with Gasteiger partial charge in [-0.15, -0.1) is 11.8 Å². The van der Waals surface area contributed by atoms with Gasteiger partial charge in [0.2, 0.25) is 5.91 Å². The number of carbonyl (C=O) groups excluding carboxylic acids is 1. The van der Waals surface area contributed by atoms with Crippen LogP contribution in [0.4, 0.5) is 0 Å². The van der Waals surface area contributed by atoms with Gasteiger partial charge in [-0.25, -0.2) is 4.79 Å². The van der Waals surface area contributed by atoms with Crippen molar-refractivity contribution in [1.29, 1.82) is 0 Å². The van der Waals surface area contributed by atoms with Crippen LogP contribution in [0.1, 0.15) is 26.7 Å². The summed E-state index contributed by atoms with van der Waals surface area (Å²) >= 11 is 7.34. The maximum absolute atomic E-state index is 11.8. The molecule has 21 heavy (non-hydrogen) atoms. The monoisotopic (exact) mass is 329 g/mol. The van der Waals surface area contributed by atoms with E-state index in [4.69, 9.17) is 16.7 Å². The van der Waals surface area contributed by atoms with Crippen LogP contribution >= 0.6 is 23.4 Å². The van der Waals surface area contributed by atoms with E-state index in [9.17, 15) is 9.59 Å². The zero-order valence-electron chi connectivity index (χ0n) is 12.1. The first-order valence-electron chi connectivity index (χ1n) is 6.79. The summed E-state index contributed by atoms with van der Waals surface area (Å²) in [5, 5.41) is 12.3. The normalized spacial score (nSPS) is 12.2. The van der Waals surface area contributed by atoms with Crippen molar-refractivity contribution in [3.8, 4) is 0 Å².